The Kier molecular flexibility index (Phi) is 2.97. The summed E-state index contributed by atoms with van der Waals surface area (Å²) >= 11 is 2.24. The van der Waals surface area contributed by atoms with E-state index in [1.807, 2.05) is 12.4 Å². The summed E-state index contributed by atoms with van der Waals surface area (Å²) in [5.41, 5.74) is 0. The first-order valence-electron chi connectivity index (χ1n) is 5.80. The number of nitrogens with zero attached hydrogens (tertiary/aromatic N) is 3. The standard InChI is InChI=1S/C11H15IN4/c12-8-5-13-11(14-6-8)16-4-3-9-1-2-10(7-16)15-9/h5-6,9-10,15H,1-4,7H2. The topological polar surface area (TPSA) is 41.1 Å². The predicted molar refractivity (Wildman–Crippen MR) is 71.5 cm³/mol. The number of fused-ring (bicyclic) bond motifs is 2. The zero-order chi connectivity index (χ0) is 11.0. The molecule has 5 heteroatoms. The lowest BCUT2D eigenvalue weighted by molar-refractivity contribution is 0.563. The van der Waals surface area contributed by atoms with Crippen molar-refractivity contribution >= 4 is 28.5 Å². The van der Waals surface area contributed by atoms with Crippen molar-refractivity contribution in [2.75, 3.05) is 18.0 Å². The Morgan fingerprint density at radius 3 is 2.75 bits per heavy atom. The minimum absolute atomic E-state index is 0.635. The summed E-state index contributed by atoms with van der Waals surface area (Å²) in [6, 6.07) is 1.36. The Morgan fingerprint density at radius 2 is 1.94 bits per heavy atom. The number of halogens is 1. The molecule has 3 heterocycles. The Labute approximate surface area is 109 Å². The van der Waals surface area contributed by atoms with Gasteiger partial charge in [0.25, 0.3) is 0 Å². The van der Waals surface area contributed by atoms with Crippen LogP contribution >= 0.6 is 22.6 Å². The smallest absolute Gasteiger partial charge is 0.225 e. The summed E-state index contributed by atoms with van der Waals surface area (Å²) in [4.78, 5) is 11.1. The minimum atomic E-state index is 0.635. The van der Waals surface area contributed by atoms with Crippen LogP contribution in [0, 0.1) is 3.57 Å². The van der Waals surface area contributed by atoms with E-state index in [1.165, 1.54) is 19.3 Å². The molecule has 0 aromatic carbocycles. The van der Waals surface area contributed by atoms with Crippen LogP contribution in [0.15, 0.2) is 12.4 Å². The first-order chi connectivity index (χ1) is 7.81. The fourth-order valence-electron chi connectivity index (χ4n) is 2.59. The molecule has 0 aliphatic carbocycles. The largest absolute Gasteiger partial charge is 0.339 e. The Bertz CT molecular complexity index is 367. The van der Waals surface area contributed by atoms with Crippen molar-refractivity contribution in [1.82, 2.24) is 15.3 Å². The highest BCUT2D eigenvalue weighted by molar-refractivity contribution is 14.1. The van der Waals surface area contributed by atoms with Crippen LogP contribution in [0.25, 0.3) is 0 Å². The molecule has 0 amide bonds. The molecule has 2 saturated heterocycles. The van der Waals surface area contributed by atoms with E-state index >= 15 is 0 Å². The summed E-state index contributed by atoms with van der Waals surface area (Å²) in [6.07, 6.45) is 7.63. The predicted octanol–water partition coefficient (Wildman–Crippen LogP) is 1.41. The molecule has 16 heavy (non-hydrogen) atoms. The Hall–Kier alpha value is -0.430. The molecule has 2 bridgehead atoms. The van der Waals surface area contributed by atoms with Gasteiger partial charge in [0.15, 0.2) is 0 Å². The summed E-state index contributed by atoms with van der Waals surface area (Å²) < 4.78 is 1.09. The van der Waals surface area contributed by atoms with Crippen molar-refractivity contribution in [3.05, 3.63) is 16.0 Å². The van der Waals surface area contributed by atoms with E-state index in [9.17, 15) is 0 Å². The molecule has 0 radical (unpaired) electrons. The van der Waals surface area contributed by atoms with E-state index in [4.69, 9.17) is 0 Å². The molecule has 0 saturated carbocycles. The van der Waals surface area contributed by atoms with E-state index in [-0.39, 0.29) is 0 Å². The quantitative estimate of drug-likeness (QED) is 0.791. The molecule has 1 aromatic heterocycles. The fraction of sp³-hybridized carbons (Fsp3) is 0.636. The van der Waals surface area contributed by atoms with Crippen LogP contribution in [-0.4, -0.2) is 35.1 Å². The van der Waals surface area contributed by atoms with E-state index < -0.39 is 0 Å². The lowest BCUT2D eigenvalue weighted by Crippen LogP contribution is -2.36. The summed E-state index contributed by atoms with van der Waals surface area (Å²) in [6.45, 7) is 2.13. The molecular weight excluding hydrogens is 315 g/mol. The lowest BCUT2D eigenvalue weighted by atomic mass is 10.1. The zero-order valence-electron chi connectivity index (χ0n) is 9.06. The van der Waals surface area contributed by atoms with E-state index in [0.29, 0.717) is 6.04 Å². The van der Waals surface area contributed by atoms with Gasteiger partial charge in [-0.1, -0.05) is 0 Å². The van der Waals surface area contributed by atoms with E-state index in [2.05, 4.69) is 42.8 Å². The molecule has 1 aromatic rings. The second kappa shape index (κ2) is 4.44. The minimum Gasteiger partial charge on any atom is -0.339 e. The summed E-state index contributed by atoms with van der Waals surface area (Å²) in [7, 11) is 0. The molecule has 0 spiro atoms. The normalized spacial score (nSPS) is 29.2. The third-order valence-corrected chi connectivity index (χ3v) is 3.97. The third-order valence-electron chi connectivity index (χ3n) is 3.41. The van der Waals surface area contributed by atoms with Crippen molar-refractivity contribution in [2.24, 2.45) is 0 Å². The van der Waals surface area contributed by atoms with Gasteiger partial charge in [-0.25, -0.2) is 9.97 Å². The average molecular weight is 330 g/mol. The van der Waals surface area contributed by atoms with Crippen LogP contribution in [0.4, 0.5) is 5.95 Å². The Balaban J connectivity index is 1.77. The first-order valence-corrected chi connectivity index (χ1v) is 6.88. The number of nitrogens with one attached hydrogen (secondary N) is 1. The molecule has 2 fully saturated rings. The monoisotopic (exact) mass is 330 g/mol. The van der Waals surface area contributed by atoms with Gasteiger partial charge in [0.05, 0.1) is 0 Å². The van der Waals surface area contributed by atoms with Crippen LogP contribution in [0.1, 0.15) is 19.3 Å². The maximum atomic E-state index is 4.41. The molecule has 2 atom stereocenters. The first kappa shape index (κ1) is 10.7. The summed E-state index contributed by atoms with van der Waals surface area (Å²) in [5, 5.41) is 3.67. The van der Waals surface area contributed by atoms with Crippen molar-refractivity contribution < 1.29 is 0 Å². The maximum Gasteiger partial charge on any atom is 0.225 e. The fourth-order valence-corrected chi connectivity index (χ4v) is 2.87. The highest BCUT2D eigenvalue weighted by Gasteiger charge is 2.29. The SMILES string of the molecule is Ic1cnc(N2CCC3CCC(C2)N3)nc1. The molecule has 2 unspecified atom stereocenters. The van der Waals surface area contributed by atoms with Gasteiger partial charge in [-0.2, -0.15) is 0 Å². The van der Waals surface area contributed by atoms with Gasteiger partial charge in [0.1, 0.15) is 0 Å². The molecule has 2 aliphatic rings. The van der Waals surface area contributed by atoms with Gasteiger partial charge in [-0.3, -0.25) is 0 Å². The van der Waals surface area contributed by atoms with Gasteiger partial charge >= 0.3 is 0 Å². The van der Waals surface area contributed by atoms with Crippen LogP contribution < -0.4 is 10.2 Å². The van der Waals surface area contributed by atoms with Gasteiger partial charge in [0.2, 0.25) is 5.95 Å². The maximum absolute atomic E-state index is 4.41. The molecule has 1 N–H and O–H groups in total. The number of hydrogen-bond donors (Lipinski definition) is 1. The van der Waals surface area contributed by atoms with E-state index in [1.54, 1.807) is 0 Å². The average Bonchev–Trinajstić information content (AvgIpc) is 2.60. The molecular formula is C11H15IN4. The number of anilines is 1. The van der Waals surface area contributed by atoms with Crippen molar-refractivity contribution in [3.8, 4) is 0 Å². The highest BCUT2D eigenvalue weighted by Crippen LogP contribution is 2.22. The van der Waals surface area contributed by atoms with Crippen molar-refractivity contribution in [3.63, 3.8) is 0 Å². The highest BCUT2D eigenvalue weighted by atomic mass is 127. The van der Waals surface area contributed by atoms with Gasteiger partial charge < -0.3 is 10.2 Å². The summed E-state index contributed by atoms with van der Waals surface area (Å²) in [5.74, 6) is 0.884. The van der Waals surface area contributed by atoms with Crippen molar-refractivity contribution in [1.29, 1.82) is 0 Å². The van der Waals surface area contributed by atoms with Crippen LogP contribution in [0.5, 0.6) is 0 Å². The number of rotatable bonds is 1. The van der Waals surface area contributed by atoms with Gasteiger partial charge in [0, 0.05) is 41.1 Å². The second-order valence-corrected chi connectivity index (χ2v) is 5.82. The van der Waals surface area contributed by atoms with E-state index in [0.717, 1.165) is 28.6 Å². The zero-order valence-corrected chi connectivity index (χ0v) is 11.2. The van der Waals surface area contributed by atoms with Crippen molar-refractivity contribution in [2.45, 2.75) is 31.3 Å². The van der Waals surface area contributed by atoms with Crippen LogP contribution in [0.2, 0.25) is 0 Å². The number of aromatic nitrogens is 2. The molecule has 3 rings (SSSR count). The van der Waals surface area contributed by atoms with Crippen LogP contribution in [-0.2, 0) is 0 Å². The van der Waals surface area contributed by atoms with Gasteiger partial charge in [-0.05, 0) is 41.9 Å². The number of hydrogen-bond acceptors (Lipinski definition) is 4. The molecule has 86 valence electrons. The van der Waals surface area contributed by atoms with Crippen LogP contribution in [0.3, 0.4) is 0 Å². The molecule has 4 nitrogen and oxygen atoms in total. The molecule has 2 aliphatic heterocycles. The second-order valence-electron chi connectivity index (χ2n) is 4.57. The lowest BCUT2D eigenvalue weighted by Gasteiger charge is -2.23. The Morgan fingerprint density at radius 1 is 1.19 bits per heavy atom. The third kappa shape index (κ3) is 2.15. The van der Waals surface area contributed by atoms with Gasteiger partial charge in [-0.15, -0.1) is 0 Å².